The van der Waals surface area contributed by atoms with Crippen LogP contribution in [0.1, 0.15) is 0 Å². The fourth-order valence-corrected chi connectivity index (χ4v) is 8.96. The van der Waals surface area contributed by atoms with Gasteiger partial charge in [0.25, 0.3) is 6.71 Å². The van der Waals surface area contributed by atoms with Crippen LogP contribution in [0.3, 0.4) is 0 Å². The zero-order valence-electron chi connectivity index (χ0n) is 32.3. The molecule has 0 spiro atoms. The van der Waals surface area contributed by atoms with Crippen LogP contribution < -0.4 is 36.0 Å². The Morgan fingerprint density at radius 2 is 0.763 bits per heavy atom. The molecule has 9 aromatic rings. The predicted molar refractivity (Wildman–Crippen MR) is 248 cm³/mol. The van der Waals surface area contributed by atoms with E-state index in [0.29, 0.717) is 0 Å². The Labute approximate surface area is 345 Å². The van der Waals surface area contributed by atoms with E-state index in [1.54, 1.807) is 0 Å². The number of anilines is 12. The number of rotatable bonds is 8. The number of nitrogens with zero attached hydrogens (tertiary/aromatic N) is 5. The van der Waals surface area contributed by atoms with Gasteiger partial charge in [-0.3, -0.25) is 4.90 Å². The Bertz CT molecular complexity index is 2870. The molecule has 0 amide bonds. The van der Waals surface area contributed by atoms with E-state index in [9.17, 15) is 0 Å². The molecule has 59 heavy (non-hydrogen) atoms. The van der Waals surface area contributed by atoms with E-state index in [0.717, 1.165) is 57.0 Å². The third kappa shape index (κ3) is 5.93. The molecule has 0 N–H and O–H groups in total. The van der Waals surface area contributed by atoms with E-state index in [1.807, 2.05) is 0 Å². The van der Waals surface area contributed by atoms with Crippen LogP contribution in [0.5, 0.6) is 0 Å². The monoisotopic (exact) mass is 755 g/mol. The highest BCUT2D eigenvalue weighted by Gasteiger charge is 2.43. The second kappa shape index (κ2) is 14.6. The number of hydrogen-bond donors (Lipinski definition) is 0. The van der Waals surface area contributed by atoms with Crippen LogP contribution in [-0.4, -0.2) is 11.7 Å². The fourth-order valence-electron chi connectivity index (χ4n) is 8.96. The number of aromatic nitrogens is 1. The Hall–Kier alpha value is -7.83. The van der Waals surface area contributed by atoms with Crippen LogP contribution >= 0.6 is 0 Å². The van der Waals surface area contributed by atoms with Crippen molar-refractivity contribution in [2.24, 2.45) is 0 Å². The highest BCUT2D eigenvalue weighted by atomic mass is 15.2. The maximum atomic E-state index is 5.41. The van der Waals surface area contributed by atoms with E-state index in [2.05, 4.69) is 250 Å². The molecule has 11 rings (SSSR count). The highest BCUT2D eigenvalue weighted by Crippen LogP contribution is 2.46. The average Bonchev–Trinajstić information content (AvgIpc) is 3.31. The minimum absolute atomic E-state index is 0.0207. The van der Waals surface area contributed by atoms with Crippen LogP contribution in [0, 0.1) is 0 Å². The summed E-state index contributed by atoms with van der Waals surface area (Å²) in [5.41, 5.74) is 15.8. The van der Waals surface area contributed by atoms with Gasteiger partial charge in [-0.15, -0.1) is 0 Å². The molecule has 0 radical (unpaired) electrons. The first-order chi connectivity index (χ1) is 29.3. The maximum absolute atomic E-state index is 5.41. The van der Waals surface area contributed by atoms with E-state index >= 15 is 0 Å². The highest BCUT2D eigenvalue weighted by molar-refractivity contribution is 7.00. The number of fused-ring (bicyclic) bond motifs is 4. The van der Waals surface area contributed by atoms with Gasteiger partial charge in [-0.1, -0.05) is 121 Å². The second-order valence-electron chi connectivity index (χ2n) is 14.8. The lowest BCUT2D eigenvalue weighted by Gasteiger charge is -2.44. The van der Waals surface area contributed by atoms with E-state index < -0.39 is 0 Å². The molecule has 0 saturated heterocycles. The van der Waals surface area contributed by atoms with Crippen molar-refractivity contribution in [1.29, 1.82) is 0 Å². The summed E-state index contributed by atoms with van der Waals surface area (Å²) in [6, 6.07) is 79.8. The molecule has 0 unspecified atom stereocenters. The Morgan fingerprint density at radius 1 is 0.339 bits per heavy atom. The summed E-state index contributed by atoms with van der Waals surface area (Å²) in [7, 11) is 0. The summed E-state index contributed by atoms with van der Waals surface area (Å²) in [5, 5.41) is 0. The van der Waals surface area contributed by atoms with Crippen LogP contribution in [0.25, 0.3) is 0 Å². The average molecular weight is 756 g/mol. The van der Waals surface area contributed by atoms with Gasteiger partial charge in [0, 0.05) is 74.8 Å². The van der Waals surface area contributed by atoms with Gasteiger partial charge in [0.2, 0.25) is 0 Å². The molecule has 0 atom stereocenters. The molecule has 0 aliphatic carbocycles. The van der Waals surface area contributed by atoms with E-state index in [-0.39, 0.29) is 6.71 Å². The standard InChI is InChI=1S/C53H38BN5/c1-6-20-39(21-7-1)56(40-22-8-2-9-23-40)44-30-18-31-45(36-44)57(41-24-10-3-11-25-41)52-37-51-47(38-55-52)54-46-32-16-17-33-48(46)58(42-26-12-4-13-27-42)49-34-19-35-50(53(49)54)59(51)43-28-14-5-15-29-43/h1-38H. The smallest absolute Gasteiger partial charge is 0.254 e. The lowest BCUT2D eigenvalue weighted by molar-refractivity contribution is 1.16. The van der Waals surface area contributed by atoms with Gasteiger partial charge < -0.3 is 14.7 Å². The van der Waals surface area contributed by atoms with Gasteiger partial charge in [0.05, 0.1) is 0 Å². The number of hydrogen-bond acceptors (Lipinski definition) is 5. The van der Waals surface area contributed by atoms with Crippen molar-refractivity contribution in [3.8, 4) is 0 Å². The van der Waals surface area contributed by atoms with Gasteiger partial charge in [-0.25, -0.2) is 4.98 Å². The maximum Gasteiger partial charge on any atom is 0.254 e. The first-order valence-corrected chi connectivity index (χ1v) is 20.1. The summed E-state index contributed by atoms with van der Waals surface area (Å²) in [6.45, 7) is -0.0207. The minimum atomic E-state index is -0.0207. The van der Waals surface area contributed by atoms with Crippen LogP contribution in [0.4, 0.5) is 68.4 Å². The third-order valence-corrected chi connectivity index (χ3v) is 11.4. The van der Waals surface area contributed by atoms with E-state index in [1.165, 1.54) is 27.8 Å². The van der Waals surface area contributed by atoms with Crippen molar-refractivity contribution in [3.05, 3.63) is 231 Å². The number of benzene rings is 8. The second-order valence-corrected chi connectivity index (χ2v) is 14.8. The Morgan fingerprint density at radius 3 is 1.34 bits per heavy atom. The SMILES string of the molecule is c1ccc(N(c2ccccc2)c2cccc(N(c3ccccc3)c3cc4c(cn3)B3c5ccccc5N(c5ccccc5)c5cccc(c53)N4c3ccccc3)c2)cc1. The summed E-state index contributed by atoms with van der Waals surface area (Å²) >= 11 is 0. The van der Waals surface area contributed by atoms with Crippen LogP contribution in [0.15, 0.2) is 231 Å². The first-order valence-electron chi connectivity index (χ1n) is 20.1. The Balaban J connectivity index is 1.12. The molecule has 2 aliphatic heterocycles. The summed E-state index contributed by atoms with van der Waals surface area (Å²) in [5.74, 6) is 0.827. The molecular formula is C53H38BN5. The molecule has 5 nitrogen and oxygen atoms in total. The first kappa shape index (κ1) is 34.4. The zero-order chi connectivity index (χ0) is 39.1. The quantitative estimate of drug-likeness (QED) is 0.144. The molecule has 0 fully saturated rings. The molecule has 1 aromatic heterocycles. The lowest BCUT2D eigenvalue weighted by Crippen LogP contribution is -2.61. The summed E-state index contributed by atoms with van der Waals surface area (Å²) in [6.07, 6.45) is 2.12. The minimum Gasteiger partial charge on any atom is -0.311 e. The molecular weight excluding hydrogens is 717 g/mol. The van der Waals surface area contributed by atoms with Gasteiger partial charge in [-0.05, 0) is 113 Å². The van der Waals surface area contributed by atoms with Gasteiger partial charge in [0.15, 0.2) is 0 Å². The molecule has 2 aliphatic rings. The van der Waals surface area contributed by atoms with Crippen molar-refractivity contribution in [3.63, 3.8) is 0 Å². The van der Waals surface area contributed by atoms with Gasteiger partial charge in [-0.2, -0.15) is 0 Å². The predicted octanol–water partition coefficient (Wildman–Crippen LogP) is 12.1. The van der Waals surface area contributed by atoms with Crippen molar-refractivity contribution in [1.82, 2.24) is 4.98 Å². The summed E-state index contributed by atoms with van der Waals surface area (Å²) in [4.78, 5) is 14.8. The lowest BCUT2D eigenvalue weighted by atomic mass is 9.33. The number of para-hydroxylation sites is 6. The Kier molecular flexibility index (Phi) is 8.52. The van der Waals surface area contributed by atoms with Gasteiger partial charge >= 0.3 is 0 Å². The van der Waals surface area contributed by atoms with Crippen molar-refractivity contribution < 1.29 is 0 Å². The molecule has 8 aromatic carbocycles. The fraction of sp³-hybridized carbons (Fsp3) is 0. The van der Waals surface area contributed by atoms with Crippen molar-refractivity contribution in [2.45, 2.75) is 0 Å². The molecule has 3 heterocycles. The normalized spacial score (nSPS) is 12.3. The zero-order valence-corrected chi connectivity index (χ0v) is 32.3. The topological polar surface area (TPSA) is 25.9 Å². The molecule has 6 heteroatoms. The molecule has 0 bridgehead atoms. The number of pyridine rings is 1. The van der Waals surface area contributed by atoms with Gasteiger partial charge in [0.1, 0.15) is 5.82 Å². The van der Waals surface area contributed by atoms with Crippen molar-refractivity contribution >= 4 is 91.5 Å². The summed E-state index contributed by atoms with van der Waals surface area (Å²) < 4.78 is 0. The van der Waals surface area contributed by atoms with Crippen LogP contribution in [0.2, 0.25) is 0 Å². The van der Waals surface area contributed by atoms with Crippen molar-refractivity contribution in [2.75, 3.05) is 19.6 Å². The third-order valence-electron chi connectivity index (χ3n) is 11.4. The van der Waals surface area contributed by atoms with Crippen LogP contribution in [-0.2, 0) is 0 Å². The molecule has 0 saturated carbocycles. The molecule has 278 valence electrons. The van der Waals surface area contributed by atoms with E-state index in [4.69, 9.17) is 4.98 Å². The largest absolute Gasteiger partial charge is 0.311 e.